The molecule has 0 saturated carbocycles. The molecule has 3 rings (SSSR count). The van der Waals surface area contributed by atoms with E-state index >= 15 is 0 Å². The number of aromatic amines is 1. The van der Waals surface area contributed by atoms with E-state index in [1.54, 1.807) is 29.5 Å². The molecular weight excluding hydrogens is 222 g/mol. The number of thiazole rings is 1. The lowest BCUT2D eigenvalue weighted by atomic mass is 10.3. The number of nitrogens with one attached hydrogen (secondary N) is 1. The molecule has 0 aliphatic carbocycles. The number of benzene rings is 1. The molecule has 80 valence electrons. The van der Waals surface area contributed by atoms with E-state index in [4.69, 9.17) is 0 Å². The van der Waals surface area contributed by atoms with E-state index in [-0.39, 0.29) is 5.75 Å². The molecule has 0 aliphatic rings. The Bertz CT molecular complexity index is 656. The molecule has 0 bridgehead atoms. The first kappa shape index (κ1) is 9.35. The molecule has 0 unspecified atom stereocenters. The molecule has 0 aliphatic heterocycles. The number of nitrogens with zero attached hydrogens (tertiary/aromatic N) is 2. The fourth-order valence-corrected chi connectivity index (χ4v) is 2.19. The van der Waals surface area contributed by atoms with Crippen LogP contribution in [-0.2, 0) is 0 Å². The Morgan fingerprint density at radius 3 is 2.94 bits per heavy atom. The lowest BCUT2D eigenvalue weighted by Gasteiger charge is -1.88. The van der Waals surface area contributed by atoms with Crippen LogP contribution in [0.2, 0.25) is 0 Å². The number of aromatic nitrogens is 3. The molecule has 2 aromatic heterocycles. The van der Waals surface area contributed by atoms with Crippen molar-refractivity contribution in [2.45, 2.75) is 6.92 Å². The highest BCUT2D eigenvalue weighted by Gasteiger charge is 2.08. The first-order valence-corrected chi connectivity index (χ1v) is 5.71. The number of H-pyrrole nitrogens is 1. The number of fused-ring (bicyclic) bond motifs is 1. The quantitative estimate of drug-likeness (QED) is 0.677. The maximum absolute atomic E-state index is 9.35. The molecule has 0 spiro atoms. The van der Waals surface area contributed by atoms with Crippen LogP contribution in [0.3, 0.4) is 0 Å². The number of imidazole rings is 1. The lowest BCUT2D eigenvalue weighted by Crippen LogP contribution is -1.79. The molecule has 0 atom stereocenters. The van der Waals surface area contributed by atoms with Crippen molar-refractivity contribution in [1.82, 2.24) is 15.0 Å². The maximum Gasteiger partial charge on any atom is 0.158 e. The van der Waals surface area contributed by atoms with E-state index in [0.717, 1.165) is 27.6 Å². The summed E-state index contributed by atoms with van der Waals surface area (Å²) in [7, 11) is 0. The second-order valence-corrected chi connectivity index (χ2v) is 4.60. The van der Waals surface area contributed by atoms with Crippen molar-refractivity contribution in [3.05, 3.63) is 28.6 Å². The van der Waals surface area contributed by atoms with Crippen molar-refractivity contribution in [3.8, 4) is 17.3 Å². The van der Waals surface area contributed by atoms with Gasteiger partial charge >= 0.3 is 0 Å². The first-order chi connectivity index (χ1) is 7.72. The lowest BCUT2D eigenvalue weighted by molar-refractivity contribution is 0.476. The Hall–Kier alpha value is -1.88. The van der Waals surface area contributed by atoms with E-state index in [0.29, 0.717) is 0 Å². The van der Waals surface area contributed by atoms with Crippen LogP contribution in [0.1, 0.15) is 5.01 Å². The number of hydrogen-bond acceptors (Lipinski definition) is 4. The molecule has 0 radical (unpaired) electrons. The molecule has 5 heteroatoms. The molecule has 4 nitrogen and oxygen atoms in total. The van der Waals surface area contributed by atoms with E-state index in [9.17, 15) is 5.11 Å². The van der Waals surface area contributed by atoms with Crippen LogP contribution < -0.4 is 0 Å². The van der Waals surface area contributed by atoms with E-state index < -0.39 is 0 Å². The molecule has 2 N–H and O–H groups in total. The average molecular weight is 231 g/mol. The van der Waals surface area contributed by atoms with Gasteiger partial charge in [0.1, 0.15) is 11.4 Å². The van der Waals surface area contributed by atoms with Gasteiger partial charge in [-0.05, 0) is 19.1 Å². The van der Waals surface area contributed by atoms with E-state index in [1.807, 2.05) is 12.3 Å². The Labute approximate surface area is 95.6 Å². The number of phenols is 1. The van der Waals surface area contributed by atoms with E-state index in [1.165, 1.54) is 0 Å². The largest absolute Gasteiger partial charge is 0.508 e. The van der Waals surface area contributed by atoms with Crippen molar-refractivity contribution in [3.63, 3.8) is 0 Å². The predicted molar refractivity (Wildman–Crippen MR) is 63.6 cm³/mol. The summed E-state index contributed by atoms with van der Waals surface area (Å²) in [4.78, 5) is 11.9. The zero-order chi connectivity index (χ0) is 11.1. The number of rotatable bonds is 1. The summed E-state index contributed by atoms with van der Waals surface area (Å²) < 4.78 is 0. The van der Waals surface area contributed by atoms with Gasteiger partial charge in [0, 0.05) is 11.4 Å². The van der Waals surface area contributed by atoms with Crippen LogP contribution in [0.5, 0.6) is 5.75 Å². The van der Waals surface area contributed by atoms with Gasteiger partial charge in [-0.2, -0.15) is 0 Å². The third kappa shape index (κ3) is 1.45. The minimum Gasteiger partial charge on any atom is -0.508 e. The van der Waals surface area contributed by atoms with Gasteiger partial charge in [0.2, 0.25) is 0 Å². The van der Waals surface area contributed by atoms with Gasteiger partial charge in [0.15, 0.2) is 5.82 Å². The SMILES string of the molecule is Cc1nc(-c2nc3ccc(O)cc3[nH]2)cs1. The third-order valence-corrected chi connectivity index (χ3v) is 3.10. The average Bonchev–Trinajstić information content (AvgIpc) is 2.83. The minimum atomic E-state index is 0.233. The summed E-state index contributed by atoms with van der Waals surface area (Å²) in [6.07, 6.45) is 0. The summed E-state index contributed by atoms with van der Waals surface area (Å²) in [5, 5.41) is 12.3. The van der Waals surface area contributed by atoms with Crippen LogP contribution in [0.25, 0.3) is 22.6 Å². The van der Waals surface area contributed by atoms with Gasteiger partial charge in [0.25, 0.3) is 0 Å². The van der Waals surface area contributed by atoms with Gasteiger partial charge in [-0.15, -0.1) is 11.3 Å². The smallest absolute Gasteiger partial charge is 0.158 e. The summed E-state index contributed by atoms with van der Waals surface area (Å²) in [6, 6.07) is 5.06. The number of hydrogen-bond donors (Lipinski definition) is 2. The zero-order valence-corrected chi connectivity index (χ0v) is 9.38. The highest BCUT2D eigenvalue weighted by atomic mass is 32.1. The molecule has 1 aromatic carbocycles. The van der Waals surface area contributed by atoms with Crippen LogP contribution in [0, 0.1) is 6.92 Å². The highest BCUT2D eigenvalue weighted by Crippen LogP contribution is 2.23. The van der Waals surface area contributed by atoms with Crippen molar-refractivity contribution in [2.75, 3.05) is 0 Å². The Morgan fingerprint density at radius 2 is 2.19 bits per heavy atom. The third-order valence-electron chi connectivity index (χ3n) is 2.33. The van der Waals surface area contributed by atoms with Crippen LogP contribution >= 0.6 is 11.3 Å². The Kier molecular flexibility index (Phi) is 1.94. The molecule has 16 heavy (non-hydrogen) atoms. The van der Waals surface area contributed by atoms with Crippen molar-refractivity contribution < 1.29 is 5.11 Å². The monoisotopic (exact) mass is 231 g/mol. The summed E-state index contributed by atoms with van der Waals surface area (Å²) in [5.74, 6) is 0.974. The summed E-state index contributed by atoms with van der Waals surface area (Å²) in [5.41, 5.74) is 2.50. The van der Waals surface area contributed by atoms with Gasteiger partial charge in [0.05, 0.1) is 16.0 Å². The van der Waals surface area contributed by atoms with Crippen molar-refractivity contribution in [1.29, 1.82) is 0 Å². The first-order valence-electron chi connectivity index (χ1n) is 4.83. The minimum absolute atomic E-state index is 0.233. The molecule has 0 amide bonds. The van der Waals surface area contributed by atoms with Gasteiger partial charge in [-0.25, -0.2) is 9.97 Å². The van der Waals surface area contributed by atoms with Crippen LogP contribution in [0.15, 0.2) is 23.6 Å². The molecular formula is C11H9N3OS. The standard InChI is InChI=1S/C11H9N3OS/c1-6-12-10(5-16-6)11-13-8-3-2-7(15)4-9(8)14-11/h2-5,15H,1H3,(H,13,14). The second-order valence-electron chi connectivity index (χ2n) is 3.54. The summed E-state index contributed by atoms with van der Waals surface area (Å²) >= 11 is 1.59. The topological polar surface area (TPSA) is 61.8 Å². The van der Waals surface area contributed by atoms with Crippen molar-refractivity contribution in [2.24, 2.45) is 0 Å². The molecule has 2 heterocycles. The van der Waals surface area contributed by atoms with Gasteiger partial charge in [-0.3, -0.25) is 0 Å². The number of phenolic OH excluding ortho intramolecular Hbond substituents is 1. The predicted octanol–water partition coefficient (Wildman–Crippen LogP) is 2.70. The van der Waals surface area contributed by atoms with Crippen LogP contribution in [-0.4, -0.2) is 20.1 Å². The molecule has 0 fully saturated rings. The molecule has 0 saturated heterocycles. The van der Waals surface area contributed by atoms with Crippen LogP contribution in [0.4, 0.5) is 0 Å². The summed E-state index contributed by atoms with van der Waals surface area (Å²) in [6.45, 7) is 1.96. The fraction of sp³-hybridized carbons (Fsp3) is 0.0909. The second kappa shape index (κ2) is 3.31. The fourth-order valence-electron chi connectivity index (χ4n) is 1.59. The highest BCUT2D eigenvalue weighted by molar-refractivity contribution is 7.09. The van der Waals surface area contributed by atoms with Crippen molar-refractivity contribution >= 4 is 22.4 Å². The zero-order valence-electron chi connectivity index (χ0n) is 8.56. The normalized spacial score (nSPS) is 11.1. The van der Waals surface area contributed by atoms with E-state index in [2.05, 4.69) is 15.0 Å². The maximum atomic E-state index is 9.35. The number of aromatic hydroxyl groups is 1. The number of aryl methyl sites for hydroxylation is 1. The Balaban J connectivity index is 2.18. The van der Waals surface area contributed by atoms with Gasteiger partial charge < -0.3 is 10.1 Å². The van der Waals surface area contributed by atoms with Gasteiger partial charge in [-0.1, -0.05) is 0 Å². The Morgan fingerprint density at radius 1 is 1.31 bits per heavy atom. The molecule has 3 aromatic rings.